The number of ether oxygens (including phenoxy) is 1. The first-order chi connectivity index (χ1) is 13.6. The zero-order valence-electron chi connectivity index (χ0n) is 15.1. The van der Waals surface area contributed by atoms with Crippen molar-refractivity contribution in [2.75, 3.05) is 11.9 Å². The number of nitrogens with one attached hydrogen (secondary N) is 1. The van der Waals surface area contributed by atoms with E-state index in [1.54, 1.807) is 0 Å². The molecule has 0 aliphatic rings. The number of aryl methyl sites for hydroxylation is 1. The SMILES string of the molecule is CCOc1ccccc1Nc1nnc(SCc2cc(=O)n3nc(C)sc3n2)s1. The number of aromatic nitrogens is 5. The Morgan fingerprint density at radius 3 is 2.96 bits per heavy atom. The van der Waals surface area contributed by atoms with Gasteiger partial charge in [0.05, 0.1) is 18.0 Å². The predicted octanol–water partition coefficient (Wildman–Crippen LogP) is 3.75. The number of thioether (sulfide) groups is 1. The molecule has 0 bridgehead atoms. The molecule has 3 heterocycles. The summed E-state index contributed by atoms with van der Waals surface area (Å²) in [5, 5.41) is 17.3. The second-order valence-corrected chi connectivity index (χ2v) is 8.98. The Hall–Kier alpha value is -2.50. The Balaban J connectivity index is 1.45. The summed E-state index contributed by atoms with van der Waals surface area (Å²) in [5.74, 6) is 1.31. The summed E-state index contributed by atoms with van der Waals surface area (Å²) in [6.07, 6.45) is 0. The van der Waals surface area contributed by atoms with Gasteiger partial charge in [-0.3, -0.25) is 4.79 Å². The van der Waals surface area contributed by atoms with Gasteiger partial charge in [-0.2, -0.15) is 9.61 Å². The summed E-state index contributed by atoms with van der Waals surface area (Å²) >= 11 is 4.33. The monoisotopic (exact) mass is 432 g/mol. The molecule has 0 aliphatic carbocycles. The van der Waals surface area contributed by atoms with E-state index in [0.29, 0.717) is 28.1 Å². The molecule has 0 atom stereocenters. The molecule has 0 spiro atoms. The highest BCUT2D eigenvalue weighted by Gasteiger charge is 2.11. The molecule has 28 heavy (non-hydrogen) atoms. The number of hydrogen-bond acceptors (Lipinski definition) is 10. The molecule has 0 saturated heterocycles. The quantitative estimate of drug-likeness (QED) is 0.441. The zero-order chi connectivity index (χ0) is 19.5. The van der Waals surface area contributed by atoms with E-state index in [-0.39, 0.29) is 5.56 Å². The number of rotatable bonds is 7. The molecule has 0 radical (unpaired) electrons. The van der Waals surface area contributed by atoms with E-state index in [0.717, 1.165) is 20.8 Å². The smallest absolute Gasteiger partial charge is 0.275 e. The lowest BCUT2D eigenvalue weighted by molar-refractivity contribution is 0.342. The van der Waals surface area contributed by atoms with Crippen molar-refractivity contribution in [3.8, 4) is 5.75 Å². The molecular weight excluding hydrogens is 416 g/mol. The van der Waals surface area contributed by atoms with Gasteiger partial charge in [-0.15, -0.1) is 10.2 Å². The largest absolute Gasteiger partial charge is 0.492 e. The molecule has 4 aromatic rings. The molecule has 0 aliphatic heterocycles. The summed E-state index contributed by atoms with van der Waals surface area (Å²) in [6, 6.07) is 9.21. The third-order valence-corrected chi connectivity index (χ3v) is 6.41. The second-order valence-electron chi connectivity index (χ2n) is 5.62. The fraction of sp³-hybridized carbons (Fsp3) is 0.235. The van der Waals surface area contributed by atoms with Crippen molar-refractivity contribution in [3.63, 3.8) is 0 Å². The first-order valence-electron chi connectivity index (χ1n) is 8.44. The van der Waals surface area contributed by atoms with Gasteiger partial charge in [0.2, 0.25) is 10.1 Å². The van der Waals surface area contributed by atoms with Crippen LogP contribution in [-0.2, 0) is 5.75 Å². The molecule has 0 unspecified atom stereocenters. The molecular formula is C17H16N6O2S3. The normalized spacial score (nSPS) is 11.1. The van der Waals surface area contributed by atoms with E-state index >= 15 is 0 Å². The third kappa shape index (κ3) is 4.16. The lowest BCUT2D eigenvalue weighted by atomic mass is 10.3. The second kappa shape index (κ2) is 8.25. The Bertz CT molecular complexity index is 1170. The molecule has 4 rings (SSSR count). The lowest BCUT2D eigenvalue weighted by Crippen LogP contribution is -2.15. The van der Waals surface area contributed by atoms with Crippen LogP contribution in [0.1, 0.15) is 17.6 Å². The Kier molecular flexibility index (Phi) is 5.55. The maximum absolute atomic E-state index is 12.1. The first kappa shape index (κ1) is 18.8. The zero-order valence-corrected chi connectivity index (χ0v) is 17.5. The number of para-hydroxylation sites is 2. The van der Waals surface area contributed by atoms with Crippen LogP contribution in [0.25, 0.3) is 4.96 Å². The fourth-order valence-electron chi connectivity index (χ4n) is 2.45. The maximum atomic E-state index is 12.1. The summed E-state index contributed by atoms with van der Waals surface area (Å²) in [6.45, 7) is 4.39. The van der Waals surface area contributed by atoms with Crippen molar-refractivity contribution in [1.82, 2.24) is 24.8 Å². The highest BCUT2D eigenvalue weighted by atomic mass is 32.2. The van der Waals surface area contributed by atoms with Gasteiger partial charge in [-0.05, 0) is 26.0 Å². The van der Waals surface area contributed by atoms with Crippen LogP contribution >= 0.6 is 34.4 Å². The topological polar surface area (TPSA) is 94.3 Å². The van der Waals surface area contributed by atoms with Gasteiger partial charge < -0.3 is 10.1 Å². The van der Waals surface area contributed by atoms with Gasteiger partial charge in [-0.25, -0.2) is 4.98 Å². The third-order valence-electron chi connectivity index (χ3n) is 3.58. The van der Waals surface area contributed by atoms with Crippen LogP contribution in [-0.4, -0.2) is 31.4 Å². The van der Waals surface area contributed by atoms with Gasteiger partial charge in [-0.1, -0.05) is 46.6 Å². The molecule has 1 aromatic carbocycles. The van der Waals surface area contributed by atoms with Gasteiger partial charge in [0.25, 0.3) is 5.56 Å². The van der Waals surface area contributed by atoms with Crippen LogP contribution < -0.4 is 15.6 Å². The predicted molar refractivity (Wildman–Crippen MR) is 112 cm³/mol. The van der Waals surface area contributed by atoms with Crippen LogP contribution in [0.5, 0.6) is 5.75 Å². The van der Waals surface area contributed by atoms with Crippen molar-refractivity contribution in [2.24, 2.45) is 0 Å². The summed E-state index contributed by atoms with van der Waals surface area (Å²) in [5.41, 5.74) is 1.37. The van der Waals surface area contributed by atoms with Crippen molar-refractivity contribution >= 4 is 50.2 Å². The first-order valence-corrected chi connectivity index (χ1v) is 11.1. The minimum Gasteiger partial charge on any atom is -0.492 e. The van der Waals surface area contributed by atoms with E-state index < -0.39 is 0 Å². The average Bonchev–Trinajstić information content (AvgIpc) is 3.28. The number of benzene rings is 1. The van der Waals surface area contributed by atoms with Crippen LogP contribution in [0.15, 0.2) is 39.5 Å². The van der Waals surface area contributed by atoms with Crippen molar-refractivity contribution < 1.29 is 4.74 Å². The minimum atomic E-state index is -0.169. The number of nitrogens with zero attached hydrogens (tertiary/aromatic N) is 5. The van der Waals surface area contributed by atoms with Gasteiger partial charge in [0.1, 0.15) is 10.8 Å². The van der Waals surface area contributed by atoms with Crippen molar-refractivity contribution in [2.45, 2.75) is 23.9 Å². The van der Waals surface area contributed by atoms with Gasteiger partial charge >= 0.3 is 0 Å². The standard InChI is InChI=1S/C17H16N6O2S3/c1-3-25-13-7-5-4-6-12(13)19-15-20-21-17(28-15)26-9-11-8-14(24)23-16(18-11)27-10(2)22-23/h4-8H,3,9H2,1-2H3,(H,19,20). The van der Waals surface area contributed by atoms with Crippen molar-refractivity contribution in [1.29, 1.82) is 0 Å². The average molecular weight is 433 g/mol. The summed E-state index contributed by atoms with van der Waals surface area (Å²) in [4.78, 5) is 17.2. The number of anilines is 2. The molecule has 8 nitrogen and oxygen atoms in total. The van der Waals surface area contributed by atoms with Crippen molar-refractivity contribution in [3.05, 3.63) is 51.4 Å². The van der Waals surface area contributed by atoms with Crippen LogP contribution in [0.4, 0.5) is 10.8 Å². The van der Waals surface area contributed by atoms with Gasteiger partial charge in [0, 0.05) is 11.8 Å². The minimum absolute atomic E-state index is 0.169. The molecule has 0 saturated carbocycles. The van der Waals surface area contributed by atoms with Crippen LogP contribution in [0, 0.1) is 6.92 Å². The summed E-state index contributed by atoms with van der Waals surface area (Å²) in [7, 11) is 0. The molecule has 0 amide bonds. The summed E-state index contributed by atoms with van der Waals surface area (Å²) < 4.78 is 7.74. The van der Waals surface area contributed by atoms with Crippen LogP contribution in [0.3, 0.4) is 0 Å². The number of hydrogen-bond donors (Lipinski definition) is 1. The Morgan fingerprint density at radius 2 is 2.11 bits per heavy atom. The van der Waals surface area contributed by atoms with Gasteiger partial charge in [0.15, 0.2) is 4.34 Å². The maximum Gasteiger partial charge on any atom is 0.275 e. The van der Waals surface area contributed by atoms with E-state index in [9.17, 15) is 4.79 Å². The molecule has 1 N–H and O–H groups in total. The molecule has 11 heteroatoms. The van der Waals surface area contributed by atoms with E-state index in [1.807, 2.05) is 38.1 Å². The fourth-order valence-corrected chi connectivity index (χ4v) is 4.87. The Labute approximate surface area is 172 Å². The van der Waals surface area contributed by atoms with E-state index in [4.69, 9.17) is 4.74 Å². The molecule has 144 valence electrons. The highest BCUT2D eigenvalue weighted by Crippen LogP contribution is 2.32. The molecule has 3 aromatic heterocycles. The Morgan fingerprint density at radius 1 is 1.25 bits per heavy atom. The number of fused-ring (bicyclic) bond motifs is 1. The molecule has 0 fully saturated rings. The van der Waals surface area contributed by atoms with E-state index in [1.165, 1.54) is 45.0 Å². The highest BCUT2D eigenvalue weighted by molar-refractivity contribution is 8.00. The van der Waals surface area contributed by atoms with E-state index in [2.05, 4.69) is 25.6 Å². The van der Waals surface area contributed by atoms with Crippen LogP contribution in [0.2, 0.25) is 0 Å². The lowest BCUT2D eigenvalue weighted by Gasteiger charge is -2.09.